The van der Waals surface area contributed by atoms with Crippen LogP contribution < -0.4 is 9.64 Å². The van der Waals surface area contributed by atoms with Crippen LogP contribution in [-0.4, -0.2) is 25.7 Å². The van der Waals surface area contributed by atoms with Crippen LogP contribution in [0.3, 0.4) is 0 Å². The first-order valence-electron chi connectivity index (χ1n) is 6.98. The van der Waals surface area contributed by atoms with Gasteiger partial charge in [-0.2, -0.15) is 22.5 Å². The lowest BCUT2D eigenvalue weighted by atomic mass is 10.1. The highest BCUT2D eigenvalue weighted by molar-refractivity contribution is 5.47. The Labute approximate surface area is 131 Å². The fourth-order valence-electron chi connectivity index (χ4n) is 2.24. The Balaban J connectivity index is 2.01. The summed E-state index contributed by atoms with van der Waals surface area (Å²) in [5.74, 6) is -5.55. The first-order chi connectivity index (χ1) is 10.9. The number of aromatic nitrogens is 1. The van der Waals surface area contributed by atoms with Gasteiger partial charge in [-0.25, -0.2) is 0 Å². The van der Waals surface area contributed by atoms with Gasteiger partial charge in [0.2, 0.25) is 11.6 Å². The number of hydrogen-bond acceptors (Lipinski definition) is 3. The third-order valence-electron chi connectivity index (χ3n) is 3.47. The zero-order valence-corrected chi connectivity index (χ0v) is 12.7. The van der Waals surface area contributed by atoms with Crippen molar-refractivity contribution in [2.75, 3.05) is 25.6 Å². The molecular weight excluding hydrogens is 312 g/mol. The Hall–Kier alpha value is -2.31. The minimum atomic E-state index is -1.65. The zero-order valence-electron chi connectivity index (χ0n) is 12.7. The number of methoxy groups -OCH3 is 1. The fourth-order valence-corrected chi connectivity index (χ4v) is 2.24. The summed E-state index contributed by atoms with van der Waals surface area (Å²) in [6.07, 6.45) is 1.20. The molecule has 0 spiro atoms. The maximum atomic E-state index is 13.6. The Bertz CT molecular complexity index is 651. The first-order valence-corrected chi connectivity index (χ1v) is 6.98. The number of anilines is 1. The van der Waals surface area contributed by atoms with E-state index in [-0.39, 0.29) is 6.54 Å². The molecule has 0 aliphatic rings. The molecule has 1 aromatic heterocycles. The number of nitrogens with zero attached hydrogens (tertiary/aromatic N) is 2. The largest absolute Gasteiger partial charge is 0.497 e. The number of ether oxygens (including phenoxy) is 1. The summed E-state index contributed by atoms with van der Waals surface area (Å²) in [6, 6.07) is 7.38. The van der Waals surface area contributed by atoms with Crippen LogP contribution in [0.25, 0.3) is 0 Å². The number of halogens is 4. The zero-order chi connectivity index (χ0) is 17.0. The number of pyridine rings is 1. The molecular formula is C16H16F4N2O. The van der Waals surface area contributed by atoms with Gasteiger partial charge < -0.3 is 9.64 Å². The molecule has 23 heavy (non-hydrogen) atoms. The monoisotopic (exact) mass is 328 g/mol. The normalized spacial score (nSPS) is 10.7. The van der Waals surface area contributed by atoms with Crippen molar-refractivity contribution in [1.29, 1.82) is 0 Å². The second kappa shape index (κ2) is 7.30. The van der Waals surface area contributed by atoms with E-state index in [1.807, 2.05) is 24.3 Å². The summed E-state index contributed by atoms with van der Waals surface area (Å²) < 4.78 is 58.5. The third kappa shape index (κ3) is 3.91. The minimum Gasteiger partial charge on any atom is -0.497 e. The number of benzene rings is 1. The van der Waals surface area contributed by atoms with E-state index in [1.165, 1.54) is 7.05 Å². The summed E-state index contributed by atoms with van der Waals surface area (Å²) >= 11 is 0. The molecule has 0 amide bonds. The van der Waals surface area contributed by atoms with Crippen LogP contribution in [0.15, 0.2) is 24.3 Å². The van der Waals surface area contributed by atoms with Gasteiger partial charge in [0.05, 0.1) is 7.11 Å². The molecule has 0 bridgehead atoms. The topological polar surface area (TPSA) is 25.4 Å². The molecule has 0 saturated heterocycles. The molecule has 1 heterocycles. The maximum Gasteiger partial charge on any atom is 0.253 e. The lowest BCUT2D eigenvalue weighted by Gasteiger charge is -2.20. The summed E-state index contributed by atoms with van der Waals surface area (Å²) in [7, 11) is 2.94. The van der Waals surface area contributed by atoms with Crippen molar-refractivity contribution in [3.05, 3.63) is 53.4 Å². The summed E-state index contributed by atoms with van der Waals surface area (Å²) in [4.78, 5) is 3.68. The van der Waals surface area contributed by atoms with Gasteiger partial charge in [0.25, 0.3) is 11.9 Å². The second-order valence-corrected chi connectivity index (χ2v) is 5.04. The highest BCUT2D eigenvalue weighted by atomic mass is 19.2. The average Bonchev–Trinajstić information content (AvgIpc) is 2.54. The molecule has 3 nitrogen and oxygen atoms in total. The van der Waals surface area contributed by atoms with Crippen LogP contribution >= 0.6 is 0 Å². The lowest BCUT2D eigenvalue weighted by molar-refractivity contribution is 0.407. The van der Waals surface area contributed by atoms with Gasteiger partial charge in [-0.05, 0) is 30.5 Å². The molecule has 0 aliphatic heterocycles. The summed E-state index contributed by atoms with van der Waals surface area (Å²) in [5.41, 5.74) is 0.275. The molecule has 2 rings (SSSR count). The predicted octanol–water partition coefficient (Wildman–Crippen LogP) is 3.72. The molecule has 1 aromatic carbocycles. The number of rotatable bonds is 6. The van der Waals surface area contributed by atoms with E-state index in [2.05, 4.69) is 4.98 Å². The van der Waals surface area contributed by atoms with Crippen molar-refractivity contribution in [3.63, 3.8) is 0 Å². The maximum absolute atomic E-state index is 13.6. The van der Waals surface area contributed by atoms with Gasteiger partial charge in [0, 0.05) is 13.6 Å². The van der Waals surface area contributed by atoms with Crippen LogP contribution in [-0.2, 0) is 6.42 Å². The smallest absolute Gasteiger partial charge is 0.253 e. The SMILES string of the molecule is COc1ccc(CCCN(C)c2c(F)c(F)nc(F)c2F)cc1. The standard InChI is InChI=1S/C16H16F4N2O/c1-22(14-12(17)15(19)21-16(20)13(14)18)9-3-4-10-5-7-11(23-2)8-6-10/h5-8H,3-4,9H2,1-2H3. The van der Waals surface area contributed by atoms with Crippen LogP contribution in [0, 0.1) is 23.5 Å². The van der Waals surface area contributed by atoms with E-state index in [1.54, 1.807) is 7.11 Å². The van der Waals surface area contributed by atoms with Crippen LogP contribution in [0.4, 0.5) is 23.2 Å². The first kappa shape index (κ1) is 17.1. The van der Waals surface area contributed by atoms with Crippen LogP contribution in [0.2, 0.25) is 0 Å². The van der Waals surface area contributed by atoms with E-state index in [4.69, 9.17) is 4.74 Å². The quantitative estimate of drug-likeness (QED) is 0.597. The van der Waals surface area contributed by atoms with Gasteiger partial charge in [0.1, 0.15) is 11.4 Å². The molecule has 7 heteroatoms. The molecule has 2 aromatic rings. The molecule has 124 valence electrons. The van der Waals surface area contributed by atoms with Crippen molar-refractivity contribution in [2.24, 2.45) is 0 Å². The molecule has 0 aliphatic carbocycles. The summed E-state index contributed by atoms with van der Waals surface area (Å²) in [6.45, 7) is 0.225. The van der Waals surface area contributed by atoms with Gasteiger partial charge >= 0.3 is 0 Å². The van der Waals surface area contributed by atoms with Crippen molar-refractivity contribution in [2.45, 2.75) is 12.8 Å². The molecule has 0 N–H and O–H groups in total. The van der Waals surface area contributed by atoms with Gasteiger partial charge in [-0.15, -0.1) is 0 Å². The Morgan fingerprint density at radius 1 is 1.00 bits per heavy atom. The Morgan fingerprint density at radius 2 is 1.57 bits per heavy atom. The van der Waals surface area contributed by atoms with Gasteiger partial charge in [0.15, 0.2) is 0 Å². The van der Waals surface area contributed by atoms with E-state index < -0.39 is 29.2 Å². The molecule has 0 fully saturated rings. The molecule has 0 unspecified atom stereocenters. The van der Waals surface area contributed by atoms with Crippen LogP contribution in [0.5, 0.6) is 5.75 Å². The minimum absolute atomic E-state index is 0.225. The predicted molar refractivity (Wildman–Crippen MR) is 78.7 cm³/mol. The second-order valence-electron chi connectivity index (χ2n) is 5.04. The van der Waals surface area contributed by atoms with E-state index >= 15 is 0 Å². The summed E-state index contributed by atoms with van der Waals surface area (Å²) in [5, 5.41) is 0. The molecule has 0 atom stereocenters. The lowest BCUT2D eigenvalue weighted by Crippen LogP contribution is -2.23. The Kier molecular flexibility index (Phi) is 5.41. The highest BCUT2D eigenvalue weighted by Crippen LogP contribution is 2.25. The third-order valence-corrected chi connectivity index (χ3v) is 3.47. The van der Waals surface area contributed by atoms with Crippen molar-refractivity contribution < 1.29 is 22.3 Å². The van der Waals surface area contributed by atoms with E-state index in [0.717, 1.165) is 16.2 Å². The van der Waals surface area contributed by atoms with Crippen LogP contribution in [0.1, 0.15) is 12.0 Å². The van der Waals surface area contributed by atoms with Crippen molar-refractivity contribution >= 4 is 5.69 Å². The van der Waals surface area contributed by atoms with Gasteiger partial charge in [-0.1, -0.05) is 12.1 Å². The molecule has 0 saturated carbocycles. The fraction of sp³-hybridized carbons (Fsp3) is 0.312. The number of hydrogen-bond donors (Lipinski definition) is 0. The van der Waals surface area contributed by atoms with E-state index in [9.17, 15) is 17.6 Å². The van der Waals surface area contributed by atoms with Crippen molar-refractivity contribution in [3.8, 4) is 5.75 Å². The molecule has 0 radical (unpaired) electrons. The van der Waals surface area contributed by atoms with Crippen molar-refractivity contribution in [1.82, 2.24) is 4.98 Å². The Morgan fingerprint density at radius 3 is 2.09 bits per heavy atom. The van der Waals surface area contributed by atoms with Gasteiger partial charge in [-0.3, -0.25) is 0 Å². The average molecular weight is 328 g/mol. The number of aryl methyl sites for hydroxylation is 1. The highest BCUT2D eigenvalue weighted by Gasteiger charge is 2.23. The van der Waals surface area contributed by atoms with E-state index in [0.29, 0.717) is 12.8 Å².